The lowest BCUT2D eigenvalue weighted by Gasteiger charge is -2.32. The molecule has 1 fully saturated rings. The molecule has 4 rings (SSSR count). The molecule has 1 amide bonds. The number of benzene rings is 2. The zero-order valence-electron chi connectivity index (χ0n) is 17.3. The molecule has 168 valence electrons. The predicted octanol–water partition coefficient (Wildman–Crippen LogP) is 4.78. The quantitative estimate of drug-likeness (QED) is 0.555. The van der Waals surface area contributed by atoms with Gasteiger partial charge in [0.15, 0.2) is 0 Å². The normalized spacial score (nSPS) is 15.0. The zero-order chi connectivity index (χ0) is 22.9. The predicted molar refractivity (Wildman–Crippen MR) is 125 cm³/mol. The monoisotopic (exact) mass is 492 g/mol. The number of carbonyl (C=O) groups is 1. The van der Waals surface area contributed by atoms with Gasteiger partial charge in [0.05, 0.1) is 27.5 Å². The molecule has 0 radical (unpaired) electrons. The molecule has 10 heteroatoms. The number of nitrogens with one attached hydrogen (secondary N) is 1. The summed E-state index contributed by atoms with van der Waals surface area (Å²) in [5.74, 6) is -0.283. The molecule has 0 bridgehead atoms. The number of aromatic nitrogens is 2. The summed E-state index contributed by atoms with van der Waals surface area (Å²) in [5.41, 5.74) is 1.34. The van der Waals surface area contributed by atoms with Crippen LogP contribution in [0.25, 0.3) is 0 Å². The van der Waals surface area contributed by atoms with Gasteiger partial charge in [-0.05, 0) is 55.7 Å². The lowest BCUT2D eigenvalue weighted by Crippen LogP contribution is -2.39. The number of sulfonamides is 1. The van der Waals surface area contributed by atoms with Gasteiger partial charge in [0.1, 0.15) is 0 Å². The molecule has 1 saturated heterocycles. The summed E-state index contributed by atoms with van der Waals surface area (Å²) >= 11 is 12.4. The van der Waals surface area contributed by atoms with E-state index in [9.17, 15) is 13.2 Å². The van der Waals surface area contributed by atoms with E-state index in [-0.39, 0.29) is 27.4 Å². The number of aryl methyl sites for hydroxylation is 1. The molecular formula is C22H22Cl2N4O3S. The molecule has 3 aromatic rings. The second-order valence-corrected chi connectivity index (χ2v) is 10.2. The third-order valence-electron chi connectivity index (χ3n) is 5.60. The summed E-state index contributed by atoms with van der Waals surface area (Å²) in [4.78, 5) is 18.9. The Hall–Kier alpha value is -2.55. The Labute approximate surface area is 197 Å². The van der Waals surface area contributed by atoms with Crippen LogP contribution in [-0.2, 0) is 10.0 Å². The van der Waals surface area contributed by atoms with Gasteiger partial charge < -0.3 is 9.47 Å². The van der Waals surface area contributed by atoms with Crippen molar-refractivity contribution in [1.29, 1.82) is 0 Å². The van der Waals surface area contributed by atoms with E-state index in [1.807, 2.05) is 17.7 Å². The van der Waals surface area contributed by atoms with Crippen molar-refractivity contribution >= 4 is 44.8 Å². The van der Waals surface area contributed by atoms with Crippen LogP contribution in [-0.4, -0.2) is 41.9 Å². The van der Waals surface area contributed by atoms with Crippen molar-refractivity contribution < 1.29 is 13.2 Å². The minimum Gasteiger partial charge on any atom is -0.338 e. The molecule has 0 saturated carbocycles. The summed E-state index contributed by atoms with van der Waals surface area (Å²) in [7, 11) is -3.93. The maximum absolute atomic E-state index is 13.1. The third-order valence-corrected chi connectivity index (χ3v) is 7.72. The van der Waals surface area contributed by atoms with Crippen LogP contribution in [0.4, 0.5) is 5.69 Å². The van der Waals surface area contributed by atoms with E-state index < -0.39 is 10.0 Å². The van der Waals surface area contributed by atoms with Crippen LogP contribution in [0.3, 0.4) is 0 Å². The number of hydrogen-bond acceptors (Lipinski definition) is 4. The average Bonchev–Trinajstić information content (AvgIpc) is 3.31. The first-order chi connectivity index (χ1) is 15.2. The minimum atomic E-state index is -3.93. The SMILES string of the molecule is Cc1ccc(NS(=O)(=O)c2ccc(Cl)c(C(=O)N3CCC(n4ccnc4)CC3)c2)cc1Cl. The van der Waals surface area contributed by atoms with Crippen LogP contribution in [0, 0.1) is 6.92 Å². The Bertz CT molecular complexity index is 1240. The van der Waals surface area contributed by atoms with Crippen molar-refractivity contribution in [3.63, 3.8) is 0 Å². The van der Waals surface area contributed by atoms with E-state index in [0.29, 0.717) is 23.8 Å². The van der Waals surface area contributed by atoms with Crippen molar-refractivity contribution in [2.45, 2.75) is 30.7 Å². The van der Waals surface area contributed by atoms with Crippen LogP contribution in [0.2, 0.25) is 10.0 Å². The molecule has 7 nitrogen and oxygen atoms in total. The van der Waals surface area contributed by atoms with Gasteiger partial charge in [0.2, 0.25) is 0 Å². The second kappa shape index (κ2) is 9.13. The molecular weight excluding hydrogens is 471 g/mol. The number of nitrogens with zero attached hydrogens (tertiary/aromatic N) is 3. The number of anilines is 1. The van der Waals surface area contributed by atoms with Crippen LogP contribution < -0.4 is 4.72 Å². The Morgan fingerprint density at radius 2 is 1.84 bits per heavy atom. The van der Waals surface area contributed by atoms with E-state index in [2.05, 4.69) is 9.71 Å². The van der Waals surface area contributed by atoms with Gasteiger partial charge in [-0.2, -0.15) is 0 Å². The molecule has 0 atom stereocenters. The van der Waals surface area contributed by atoms with Crippen molar-refractivity contribution in [2.24, 2.45) is 0 Å². The molecule has 0 spiro atoms. The number of rotatable bonds is 5. The fraction of sp³-hybridized carbons (Fsp3) is 0.273. The lowest BCUT2D eigenvalue weighted by molar-refractivity contribution is 0.0694. The van der Waals surface area contributed by atoms with E-state index in [1.165, 1.54) is 18.2 Å². The van der Waals surface area contributed by atoms with Crippen LogP contribution in [0.15, 0.2) is 60.0 Å². The summed E-state index contributed by atoms with van der Waals surface area (Å²) in [6, 6.07) is 9.32. The first kappa shape index (κ1) is 22.6. The van der Waals surface area contributed by atoms with Crippen molar-refractivity contribution in [3.8, 4) is 0 Å². The largest absolute Gasteiger partial charge is 0.338 e. The molecule has 1 N–H and O–H groups in total. The van der Waals surface area contributed by atoms with Crippen molar-refractivity contribution in [1.82, 2.24) is 14.5 Å². The van der Waals surface area contributed by atoms with Gasteiger partial charge in [0, 0.05) is 36.5 Å². The van der Waals surface area contributed by atoms with E-state index in [4.69, 9.17) is 23.2 Å². The summed E-state index contributed by atoms with van der Waals surface area (Å²) < 4.78 is 30.4. The lowest BCUT2D eigenvalue weighted by atomic mass is 10.0. The zero-order valence-corrected chi connectivity index (χ0v) is 19.7. The molecule has 1 aliphatic heterocycles. The maximum Gasteiger partial charge on any atom is 0.261 e. The van der Waals surface area contributed by atoms with Gasteiger partial charge in [-0.1, -0.05) is 29.3 Å². The van der Waals surface area contributed by atoms with Crippen LogP contribution in [0.5, 0.6) is 0 Å². The average molecular weight is 493 g/mol. The van der Waals surface area contributed by atoms with Crippen molar-refractivity contribution in [3.05, 3.63) is 76.3 Å². The number of piperidine rings is 1. The van der Waals surface area contributed by atoms with E-state index >= 15 is 0 Å². The number of carbonyl (C=O) groups excluding carboxylic acids is 1. The Morgan fingerprint density at radius 1 is 1.09 bits per heavy atom. The highest BCUT2D eigenvalue weighted by atomic mass is 35.5. The topological polar surface area (TPSA) is 84.3 Å². The molecule has 1 aliphatic rings. The van der Waals surface area contributed by atoms with Gasteiger partial charge in [-0.25, -0.2) is 13.4 Å². The Balaban J connectivity index is 1.52. The highest BCUT2D eigenvalue weighted by molar-refractivity contribution is 7.92. The molecule has 0 aliphatic carbocycles. The maximum atomic E-state index is 13.1. The number of hydrogen-bond donors (Lipinski definition) is 1. The first-order valence-corrected chi connectivity index (χ1v) is 12.3. The van der Waals surface area contributed by atoms with Gasteiger partial charge in [-0.3, -0.25) is 9.52 Å². The standard InChI is InChI=1S/C22H22Cl2N4O3S/c1-15-2-3-16(12-21(15)24)26-32(30,31)18-4-5-20(23)19(13-18)22(29)27-9-6-17(7-10-27)28-11-8-25-14-28/h2-5,8,11-14,17,26H,6-7,9-10H2,1H3. The number of imidazole rings is 1. The molecule has 2 aromatic carbocycles. The molecule has 32 heavy (non-hydrogen) atoms. The van der Waals surface area contributed by atoms with E-state index in [0.717, 1.165) is 18.4 Å². The van der Waals surface area contributed by atoms with Crippen LogP contribution >= 0.6 is 23.2 Å². The van der Waals surface area contributed by atoms with Gasteiger partial charge in [-0.15, -0.1) is 0 Å². The fourth-order valence-corrected chi connectivity index (χ4v) is 5.18. The summed E-state index contributed by atoms with van der Waals surface area (Å²) in [6.45, 7) is 2.93. The minimum absolute atomic E-state index is 0.0461. The number of halogens is 2. The summed E-state index contributed by atoms with van der Waals surface area (Å²) in [6.07, 6.45) is 7.01. The van der Waals surface area contributed by atoms with Gasteiger partial charge in [0.25, 0.3) is 15.9 Å². The van der Waals surface area contributed by atoms with Crippen LogP contribution in [0.1, 0.15) is 34.8 Å². The smallest absolute Gasteiger partial charge is 0.261 e. The molecule has 0 unspecified atom stereocenters. The highest BCUT2D eigenvalue weighted by Gasteiger charge is 2.27. The Kier molecular flexibility index (Phi) is 6.46. The molecule has 2 heterocycles. The second-order valence-electron chi connectivity index (χ2n) is 7.74. The number of likely N-dealkylation sites (tertiary alicyclic amines) is 1. The van der Waals surface area contributed by atoms with Crippen molar-refractivity contribution in [2.75, 3.05) is 17.8 Å². The first-order valence-electron chi connectivity index (χ1n) is 10.1. The Morgan fingerprint density at radius 3 is 2.50 bits per heavy atom. The highest BCUT2D eigenvalue weighted by Crippen LogP contribution is 2.28. The molecule has 1 aromatic heterocycles. The third kappa shape index (κ3) is 4.77. The fourth-order valence-electron chi connectivity index (χ4n) is 3.73. The van der Waals surface area contributed by atoms with E-state index in [1.54, 1.807) is 35.6 Å². The summed E-state index contributed by atoms with van der Waals surface area (Å²) in [5, 5.41) is 0.667. The van der Waals surface area contributed by atoms with Gasteiger partial charge >= 0.3 is 0 Å². The number of amides is 1.